The molecule has 0 saturated heterocycles. The number of carbonyl (C=O) groups is 1. The van der Waals surface area contributed by atoms with Gasteiger partial charge < -0.3 is 15.2 Å². The molecule has 0 aromatic heterocycles. The number of nitrogens with two attached hydrogens (primary N) is 1. The van der Waals surface area contributed by atoms with Crippen molar-refractivity contribution >= 4 is 6.09 Å². The zero-order valence-corrected chi connectivity index (χ0v) is 10.8. The Morgan fingerprint density at radius 1 is 1.44 bits per heavy atom. The van der Waals surface area contributed by atoms with Crippen molar-refractivity contribution in [2.45, 2.75) is 26.2 Å². The molecule has 4 heteroatoms. The van der Waals surface area contributed by atoms with E-state index in [0.29, 0.717) is 11.5 Å². The van der Waals surface area contributed by atoms with Crippen molar-refractivity contribution in [3.63, 3.8) is 0 Å². The van der Waals surface area contributed by atoms with Gasteiger partial charge in [-0.1, -0.05) is 26.7 Å². The number of hydrogen-bond donors (Lipinski definition) is 1. The molecular formula is C14H17NO3. The summed E-state index contributed by atoms with van der Waals surface area (Å²) in [6.07, 6.45) is 4.30. The zero-order valence-electron chi connectivity index (χ0n) is 10.8. The van der Waals surface area contributed by atoms with Gasteiger partial charge in [-0.3, -0.25) is 0 Å². The highest BCUT2D eigenvalue weighted by atomic mass is 16.5. The van der Waals surface area contributed by atoms with Crippen LogP contribution in [0.2, 0.25) is 0 Å². The number of terminal acetylenes is 1. The van der Waals surface area contributed by atoms with E-state index < -0.39 is 6.09 Å². The van der Waals surface area contributed by atoms with Crippen molar-refractivity contribution in [2.75, 3.05) is 6.61 Å². The van der Waals surface area contributed by atoms with Crippen LogP contribution < -0.4 is 15.2 Å². The minimum Gasteiger partial charge on any atom is -0.481 e. The quantitative estimate of drug-likeness (QED) is 0.834. The molecule has 1 rings (SSSR count). The lowest BCUT2D eigenvalue weighted by Crippen LogP contribution is -2.20. The van der Waals surface area contributed by atoms with Crippen LogP contribution in [0.3, 0.4) is 0 Å². The number of carbonyl (C=O) groups excluding carboxylic acids is 1. The van der Waals surface area contributed by atoms with Gasteiger partial charge in [0.05, 0.1) is 0 Å². The van der Waals surface area contributed by atoms with Gasteiger partial charge in [-0.05, 0) is 23.6 Å². The Hall–Kier alpha value is -2.15. The van der Waals surface area contributed by atoms with E-state index in [1.165, 1.54) is 0 Å². The molecule has 0 bridgehead atoms. The van der Waals surface area contributed by atoms with E-state index in [4.69, 9.17) is 21.6 Å². The van der Waals surface area contributed by atoms with Crippen LogP contribution >= 0.6 is 0 Å². The van der Waals surface area contributed by atoms with Gasteiger partial charge in [0.1, 0.15) is 18.1 Å². The molecular weight excluding hydrogens is 230 g/mol. The van der Waals surface area contributed by atoms with E-state index in [9.17, 15) is 4.79 Å². The smallest absolute Gasteiger partial charge is 0.409 e. The first-order chi connectivity index (χ1) is 8.34. The van der Waals surface area contributed by atoms with E-state index in [-0.39, 0.29) is 12.0 Å². The minimum atomic E-state index is -0.835. The lowest BCUT2D eigenvalue weighted by Gasteiger charge is -2.22. The molecule has 0 radical (unpaired) electrons. The second kappa shape index (κ2) is 5.46. The van der Waals surface area contributed by atoms with Crippen LogP contribution in [0.25, 0.3) is 0 Å². The van der Waals surface area contributed by atoms with Crippen molar-refractivity contribution < 1.29 is 14.3 Å². The maximum atomic E-state index is 10.8. The highest BCUT2D eigenvalue weighted by Gasteiger charge is 2.21. The molecule has 0 fully saturated rings. The molecule has 0 aliphatic carbocycles. The molecule has 0 spiro atoms. The first kappa shape index (κ1) is 13.9. The van der Waals surface area contributed by atoms with Crippen LogP contribution in [-0.2, 0) is 5.41 Å². The first-order valence-corrected chi connectivity index (χ1v) is 5.52. The summed E-state index contributed by atoms with van der Waals surface area (Å²) in [6.45, 7) is 6.20. The third-order valence-electron chi connectivity index (χ3n) is 2.29. The van der Waals surface area contributed by atoms with Crippen LogP contribution in [0.15, 0.2) is 18.2 Å². The first-order valence-electron chi connectivity index (χ1n) is 5.52. The second-order valence-electron chi connectivity index (χ2n) is 4.82. The fourth-order valence-corrected chi connectivity index (χ4v) is 1.51. The van der Waals surface area contributed by atoms with Crippen LogP contribution in [0.4, 0.5) is 4.79 Å². The average Bonchev–Trinajstić information content (AvgIpc) is 2.25. The summed E-state index contributed by atoms with van der Waals surface area (Å²) in [6, 6.07) is 5.14. The summed E-state index contributed by atoms with van der Waals surface area (Å²) in [7, 11) is 0. The monoisotopic (exact) mass is 247 g/mol. The fourth-order valence-electron chi connectivity index (χ4n) is 1.51. The molecule has 0 heterocycles. The molecule has 0 atom stereocenters. The number of ether oxygens (including phenoxy) is 2. The summed E-state index contributed by atoms with van der Waals surface area (Å²) in [5.41, 5.74) is 5.66. The number of primary amides is 1. The average molecular weight is 247 g/mol. The lowest BCUT2D eigenvalue weighted by atomic mass is 9.86. The Kier molecular flexibility index (Phi) is 4.22. The van der Waals surface area contributed by atoms with Crippen LogP contribution in [0, 0.1) is 12.3 Å². The third-order valence-corrected chi connectivity index (χ3v) is 2.29. The van der Waals surface area contributed by atoms with Crippen molar-refractivity contribution in [1.82, 2.24) is 0 Å². The molecule has 4 nitrogen and oxygen atoms in total. The molecule has 18 heavy (non-hydrogen) atoms. The highest BCUT2D eigenvalue weighted by molar-refractivity contribution is 5.69. The molecule has 96 valence electrons. The van der Waals surface area contributed by atoms with Gasteiger partial charge in [0.25, 0.3) is 0 Å². The highest BCUT2D eigenvalue weighted by Crippen LogP contribution is 2.34. The maximum Gasteiger partial charge on any atom is 0.409 e. The lowest BCUT2D eigenvalue weighted by molar-refractivity contribution is 0.210. The van der Waals surface area contributed by atoms with Crippen molar-refractivity contribution in [1.29, 1.82) is 0 Å². The Morgan fingerprint density at radius 2 is 2.11 bits per heavy atom. The summed E-state index contributed by atoms with van der Waals surface area (Å²) >= 11 is 0. The molecule has 0 unspecified atom stereocenters. The molecule has 0 saturated carbocycles. The molecule has 0 aliphatic rings. The summed E-state index contributed by atoms with van der Waals surface area (Å²) in [4.78, 5) is 10.8. The number of benzene rings is 1. The predicted octanol–water partition coefficient (Wildman–Crippen LogP) is 2.45. The largest absolute Gasteiger partial charge is 0.481 e. The van der Waals surface area contributed by atoms with Gasteiger partial charge in [-0.2, -0.15) is 0 Å². The predicted molar refractivity (Wildman–Crippen MR) is 69.7 cm³/mol. The van der Waals surface area contributed by atoms with Crippen molar-refractivity contribution in [2.24, 2.45) is 5.73 Å². The molecule has 2 N–H and O–H groups in total. The Labute approximate surface area is 107 Å². The van der Waals surface area contributed by atoms with Gasteiger partial charge in [-0.15, -0.1) is 6.42 Å². The van der Waals surface area contributed by atoms with E-state index >= 15 is 0 Å². The minimum absolute atomic E-state index is 0.194. The van der Waals surface area contributed by atoms with E-state index in [0.717, 1.165) is 5.56 Å². The Bertz CT molecular complexity index is 481. The van der Waals surface area contributed by atoms with E-state index in [1.807, 2.05) is 20.8 Å². The maximum absolute atomic E-state index is 10.8. The van der Waals surface area contributed by atoms with Crippen LogP contribution in [0.1, 0.15) is 26.3 Å². The summed E-state index contributed by atoms with van der Waals surface area (Å²) in [5.74, 6) is 3.46. The Morgan fingerprint density at radius 3 is 2.61 bits per heavy atom. The fraction of sp³-hybridized carbons (Fsp3) is 0.357. The Balaban J connectivity index is 3.13. The standard InChI is InChI=1S/C14H17NO3/c1-5-8-17-10-6-7-12(18-13(15)16)11(9-10)14(2,3)4/h1,6-7,9H,8H2,2-4H3,(H2,15,16). The summed E-state index contributed by atoms with van der Waals surface area (Å²) < 4.78 is 10.3. The SMILES string of the molecule is C#CCOc1ccc(OC(N)=O)c(C(C)(C)C)c1. The van der Waals surface area contributed by atoms with E-state index in [2.05, 4.69) is 5.92 Å². The number of hydrogen-bond acceptors (Lipinski definition) is 3. The molecule has 1 aromatic carbocycles. The third kappa shape index (κ3) is 3.70. The van der Waals surface area contributed by atoms with Gasteiger partial charge in [0, 0.05) is 5.56 Å². The van der Waals surface area contributed by atoms with Crippen molar-refractivity contribution in [3.05, 3.63) is 23.8 Å². The number of amides is 1. The normalized spacial score (nSPS) is 10.6. The van der Waals surface area contributed by atoms with Gasteiger partial charge in [0.2, 0.25) is 0 Å². The zero-order chi connectivity index (χ0) is 13.8. The van der Waals surface area contributed by atoms with Gasteiger partial charge >= 0.3 is 6.09 Å². The summed E-state index contributed by atoms with van der Waals surface area (Å²) in [5, 5.41) is 0. The van der Waals surface area contributed by atoms with E-state index in [1.54, 1.807) is 18.2 Å². The molecule has 1 amide bonds. The van der Waals surface area contributed by atoms with Gasteiger partial charge in [0.15, 0.2) is 0 Å². The topological polar surface area (TPSA) is 61.6 Å². The van der Waals surface area contributed by atoms with Crippen LogP contribution in [-0.4, -0.2) is 12.7 Å². The van der Waals surface area contributed by atoms with Gasteiger partial charge in [-0.25, -0.2) is 4.79 Å². The van der Waals surface area contributed by atoms with Crippen molar-refractivity contribution in [3.8, 4) is 23.8 Å². The second-order valence-corrected chi connectivity index (χ2v) is 4.82. The van der Waals surface area contributed by atoms with Crippen LogP contribution in [0.5, 0.6) is 11.5 Å². The molecule has 0 aliphatic heterocycles. The number of rotatable bonds is 3. The molecule has 1 aromatic rings.